The number of hydrogen-bond acceptors (Lipinski definition) is 5. The van der Waals surface area contributed by atoms with E-state index < -0.39 is 12.2 Å². The summed E-state index contributed by atoms with van der Waals surface area (Å²) in [5.41, 5.74) is 4.07. The molecule has 2 heterocycles. The average Bonchev–Trinajstić information content (AvgIpc) is 3.37. The second-order valence-corrected chi connectivity index (χ2v) is 12.6. The third-order valence-electron chi connectivity index (χ3n) is 8.95. The van der Waals surface area contributed by atoms with Gasteiger partial charge in [-0.25, -0.2) is 4.79 Å². The summed E-state index contributed by atoms with van der Waals surface area (Å²) < 4.78 is 0. The predicted molar refractivity (Wildman–Crippen MR) is 181 cm³/mol. The molecule has 0 aliphatic carbocycles. The Labute approximate surface area is 270 Å². The Kier molecular flexibility index (Phi) is 8.94. The zero-order valence-electron chi connectivity index (χ0n) is 27.0. The molecule has 0 bridgehead atoms. The molecule has 9 heteroatoms. The smallest absolute Gasteiger partial charge is 0.332 e. The van der Waals surface area contributed by atoms with Crippen LogP contribution in [0.15, 0.2) is 97.1 Å². The van der Waals surface area contributed by atoms with Gasteiger partial charge in [0, 0.05) is 45.3 Å². The van der Waals surface area contributed by atoms with E-state index in [0.29, 0.717) is 26.1 Å². The minimum atomic E-state index is -0.696. The Morgan fingerprint density at radius 2 is 1.57 bits per heavy atom. The standard InChI is InChI=1S/C37H42N6O3/c1-26(2)43(37(46)38-22-28-11-6-5-7-12-28)41-25-35(44)42-33(21-27-17-19-31(20-18-27)39(3)4)36(45)40(24-34(41)42)23-30-15-10-14-29-13-8-9-16-32(29)30/h5-20,26,33-34H,21-25H2,1-4H3,(H,38,46)/t33-,34+/m0/s1. The van der Waals surface area contributed by atoms with Crippen molar-refractivity contribution < 1.29 is 14.4 Å². The summed E-state index contributed by atoms with van der Waals surface area (Å²) >= 11 is 0. The third-order valence-corrected chi connectivity index (χ3v) is 8.95. The molecule has 0 aromatic heterocycles. The summed E-state index contributed by atoms with van der Waals surface area (Å²) in [6, 6.07) is 31.0. The van der Waals surface area contributed by atoms with E-state index in [1.807, 2.05) is 116 Å². The van der Waals surface area contributed by atoms with E-state index in [2.05, 4.69) is 29.6 Å². The van der Waals surface area contributed by atoms with E-state index in [-0.39, 0.29) is 30.4 Å². The van der Waals surface area contributed by atoms with E-state index in [9.17, 15) is 14.4 Å². The lowest BCUT2D eigenvalue weighted by molar-refractivity contribution is -0.158. The fourth-order valence-electron chi connectivity index (χ4n) is 6.66. The number of anilines is 1. The van der Waals surface area contributed by atoms with Crippen LogP contribution in [0.4, 0.5) is 10.5 Å². The predicted octanol–water partition coefficient (Wildman–Crippen LogP) is 4.86. The number of carbonyl (C=O) groups is 3. The number of benzene rings is 4. The van der Waals surface area contributed by atoms with Gasteiger partial charge in [-0.05, 0) is 53.4 Å². The summed E-state index contributed by atoms with van der Waals surface area (Å²) in [4.78, 5) is 47.5. The monoisotopic (exact) mass is 618 g/mol. The molecule has 2 saturated heterocycles. The molecule has 4 aromatic carbocycles. The highest BCUT2D eigenvalue weighted by atomic mass is 16.2. The summed E-state index contributed by atoms with van der Waals surface area (Å²) in [7, 11) is 3.98. The second-order valence-electron chi connectivity index (χ2n) is 12.6. The highest BCUT2D eigenvalue weighted by Crippen LogP contribution is 2.32. The lowest BCUT2D eigenvalue weighted by atomic mass is 9.98. The molecule has 2 aliphatic heterocycles. The molecular formula is C37H42N6O3. The van der Waals surface area contributed by atoms with Crippen LogP contribution in [-0.2, 0) is 29.1 Å². The van der Waals surface area contributed by atoms with E-state index >= 15 is 0 Å². The largest absolute Gasteiger partial charge is 0.378 e. The van der Waals surface area contributed by atoms with E-state index in [4.69, 9.17) is 0 Å². The molecule has 1 N–H and O–H groups in total. The topological polar surface area (TPSA) is 79.4 Å². The molecule has 0 unspecified atom stereocenters. The number of fused-ring (bicyclic) bond motifs is 2. The number of hydrazine groups is 1. The minimum Gasteiger partial charge on any atom is -0.378 e. The number of hydrogen-bond donors (Lipinski definition) is 1. The zero-order chi connectivity index (χ0) is 32.4. The molecule has 0 saturated carbocycles. The molecule has 0 spiro atoms. The van der Waals surface area contributed by atoms with Crippen molar-refractivity contribution in [2.45, 2.75) is 51.6 Å². The summed E-state index contributed by atoms with van der Waals surface area (Å²) in [5, 5.41) is 8.77. The van der Waals surface area contributed by atoms with Crippen LogP contribution in [0, 0.1) is 0 Å². The van der Waals surface area contributed by atoms with Gasteiger partial charge in [-0.2, -0.15) is 5.01 Å². The van der Waals surface area contributed by atoms with Crippen LogP contribution in [-0.4, -0.2) is 83.1 Å². The van der Waals surface area contributed by atoms with Gasteiger partial charge < -0.3 is 20.0 Å². The van der Waals surface area contributed by atoms with Crippen molar-refractivity contribution >= 4 is 34.3 Å². The van der Waals surface area contributed by atoms with Crippen molar-refractivity contribution in [3.05, 3.63) is 114 Å². The molecule has 4 amide bonds. The zero-order valence-corrected chi connectivity index (χ0v) is 27.0. The Morgan fingerprint density at radius 1 is 0.870 bits per heavy atom. The molecule has 2 fully saturated rings. The maximum absolute atomic E-state index is 14.3. The molecular weight excluding hydrogens is 576 g/mol. The number of urea groups is 1. The first-order chi connectivity index (χ1) is 22.2. The summed E-state index contributed by atoms with van der Waals surface area (Å²) in [6.07, 6.45) is -0.104. The van der Waals surface area contributed by atoms with Crippen molar-refractivity contribution in [3.8, 4) is 0 Å². The Bertz CT molecular complexity index is 1700. The van der Waals surface area contributed by atoms with Gasteiger partial charge in [-0.1, -0.05) is 84.9 Å². The van der Waals surface area contributed by atoms with Gasteiger partial charge in [-0.15, -0.1) is 0 Å². The van der Waals surface area contributed by atoms with Crippen LogP contribution in [0.25, 0.3) is 10.8 Å². The van der Waals surface area contributed by atoms with Gasteiger partial charge in [0.1, 0.15) is 12.2 Å². The van der Waals surface area contributed by atoms with Crippen LogP contribution in [0.3, 0.4) is 0 Å². The first-order valence-corrected chi connectivity index (χ1v) is 15.9. The SMILES string of the molecule is CC(C)N(C(=O)NCc1ccccc1)N1CC(=O)N2[C@@H](Cc3ccc(N(C)C)cc3)C(=O)N(Cc3cccc4ccccc34)C[C@@H]21. The van der Waals surface area contributed by atoms with Crippen LogP contribution >= 0.6 is 0 Å². The van der Waals surface area contributed by atoms with E-state index in [0.717, 1.165) is 33.2 Å². The van der Waals surface area contributed by atoms with Gasteiger partial charge in [-0.3, -0.25) is 14.6 Å². The number of nitrogens with zero attached hydrogens (tertiary/aromatic N) is 5. The van der Waals surface area contributed by atoms with Crippen LogP contribution in [0.2, 0.25) is 0 Å². The molecule has 2 atom stereocenters. The molecule has 9 nitrogen and oxygen atoms in total. The van der Waals surface area contributed by atoms with Gasteiger partial charge in [0.2, 0.25) is 11.8 Å². The van der Waals surface area contributed by atoms with E-state index in [1.165, 1.54) is 0 Å². The third kappa shape index (κ3) is 6.28. The number of nitrogens with one attached hydrogen (secondary N) is 1. The van der Waals surface area contributed by atoms with Crippen LogP contribution < -0.4 is 10.2 Å². The Balaban J connectivity index is 1.32. The molecule has 46 heavy (non-hydrogen) atoms. The normalized spacial score (nSPS) is 18.3. The van der Waals surface area contributed by atoms with Crippen LogP contribution in [0.1, 0.15) is 30.5 Å². The quantitative estimate of drug-likeness (QED) is 0.290. The molecule has 4 aromatic rings. The number of carbonyl (C=O) groups excluding carboxylic acids is 3. The van der Waals surface area contributed by atoms with Gasteiger partial charge in [0.25, 0.3) is 0 Å². The minimum absolute atomic E-state index is 0.0209. The number of rotatable bonds is 9. The van der Waals surface area contributed by atoms with Gasteiger partial charge >= 0.3 is 6.03 Å². The number of piperazine rings is 1. The maximum atomic E-state index is 14.3. The highest BCUT2D eigenvalue weighted by Gasteiger charge is 2.52. The number of amides is 4. The first-order valence-electron chi connectivity index (χ1n) is 15.9. The van der Waals surface area contributed by atoms with Crippen molar-refractivity contribution in [3.63, 3.8) is 0 Å². The molecule has 0 radical (unpaired) electrons. The summed E-state index contributed by atoms with van der Waals surface area (Å²) in [5.74, 6) is -0.236. The Hall–Kier alpha value is -4.89. The Morgan fingerprint density at radius 3 is 2.28 bits per heavy atom. The van der Waals surface area contributed by atoms with Gasteiger partial charge in [0.05, 0.1) is 13.1 Å². The molecule has 2 aliphatic rings. The van der Waals surface area contributed by atoms with Crippen molar-refractivity contribution in [1.29, 1.82) is 0 Å². The van der Waals surface area contributed by atoms with Crippen molar-refractivity contribution in [2.75, 3.05) is 32.1 Å². The molecule has 238 valence electrons. The van der Waals surface area contributed by atoms with E-state index in [1.54, 1.807) is 9.91 Å². The lowest BCUT2D eigenvalue weighted by Gasteiger charge is -2.47. The average molecular weight is 619 g/mol. The first kappa shape index (κ1) is 31.1. The van der Waals surface area contributed by atoms with Crippen LogP contribution in [0.5, 0.6) is 0 Å². The summed E-state index contributed by atoms with van der Waals surface area (Å²) in [6.45, 7) is 4.98. The maximum Gasteiger partial charge on any atom is 0.332 e. The highest BCUT2D eigenvalue weighted by molar-refractivity contribution is 5.92. The van der Waals surface area contributed by atoms with Crippen molar-refractivity contribution in [2.24, 2.45) is 0 Å². The van der Waals surface area contributed by atoms with Crippen molar-refractivity contribution in [1.82, 2.24) is 25.1 Å². The lowest BCUT2D eigenvalue weighted by Crippen LogP contribution is -2.66. The fourth-order valence-corrected chi connectivity index (χ4v) is 6.66. The van der Waals surface area contributed by atoms with Gasteiger partial charge in [0.15, 0.2) is 0 Å². The second kappa shape index (κ2) is 13.2. The fraction of sp³-hybridized carbons (Fsp3) is 0.324. The molecule has 6 rings (SSSR count).